The first-order valence-corrected chi connectivity index (χ1v) is 11.1. The molecule has 28 heavy (non-hydrogen) atoms. The van der Waals surface area contributed by atoms with Crippen LogP contribution in [-0.4, -0.2) is 47.8 Å². The molecule has 2 fully saturated rings. The van der Waals surface area contributed by atoms with Gasteiger partial charge in [0.15, 0.2) is 0 Å². The minimum Gasteiger partial charge on any atom is -0.342 e. The molecule has 0 bridgehead atoms. The number of carbonyl (C=O) groups is 2. The first kappa shape index (κ1) is 20.9. The molecule has 0 N–H and O–H groups in total. The molecule has 3 rings (SSSR count). The van der Waals surface area contributed by atoms with E-state index < -0.39 is 0 Å². The highest BCUT2D eigenvalue weighted by molar-refractivity contribution is 5.81. The summed E-state index contributed by atoms with van der Waals surface area (Å²) in [4.78, 5) is 29.4. The number of rotatable bonds is 5. The van der Waals surface area contributed by atoms with E-state index in [1.165, 1.54) is 5.56 Å². The lowest BCUT2D eigenvalue weighted by Crippen LogP contribution is -2.46. The number of carbonyl (C=O) groups excluding carboxylic acids is 2. The van der Waals surface area contributed by atoms with Crippen molar-refractivity contribution in [3.8, 4) is 0 Å². The van der Waals surface area contributed by atoms with Crippen LogP contribution in [0.5, 0.6) is 0 Å². The van der Waals surface area contributed by atoms with Crippen molar-refractivity contribution < 1.29 is 9.59 Å². The SMILES string of the molecule is CC(C)Cc1ccc(CC(=O)N2CCC(C(=O)N3CCC(C)CC3)CC2)cc1. The van der Waals surface area contributed by atoms with E-state index in [0.29, 0.717) is 31.3 Å². The van der Waals surface area contributed by atoms with Crippen LogP contribution in [0.4, 0.5) is 0 Å². The summed E-state index contributed by atoms with van der Waals surface area (Å²) < 4.78 is 0. The molecule has 2 aliphatic rings. The summed E-state index contributed by atoms with van der Waals surface area (Å²) in [5, 5.41) is 0. The Bertz CT molecular complexity index is 652. The summed E-state index contributed by atoms with van der Waals surface area (Å²) in [6, 6.07) is 8.46. The van der Waals surface area contributed by atoms with Gasteiger partial charge in [-0.25, -0.2) is 0 Å². The number of benzene rings is 1. The van der Waals surface area contributed by atoms with Gasteiger partial charge in [0.05, 0.1) is 6.42 Å². The zero-order chi connectivity index (χ0) is 20.1. The second-order valence-electron chi connectivity index (χ2n) is 9.25. The second kappa shape index (κ2) is 9.58. The first-order valence-electron chi connectivity index (χ1n) is 11.1. The largest absolute Gasteiger partial charge is 0.342 e. The predicted octanol–water partition coefficient (Wildman–Crippen LogP) is 3.92. The van der Waals surface area contributed by atoms with Crippen molar-refractivity contribution in [3.63, 3.8) is 0 Å². The Labute approximate surface area is 170 Å². The van der Waals surface area contributed by atoms with Crippen LogP contribution in [0.2, 0.25) is 0 Å². The van der Waals surface area contributed by atoms with Gasteiger partial charge < -0.3 is 9.80 Å². The van der Waals surface area contributed by atoms with Crippen LogP contribution in [0.1, 0.15) is 57.6 Å². The van der Waals surface area contributed by atoms with E-state index in [2.05, 4.69) is 49.9 Å². The summed E-state index contributed by atoms with van der Waals surface area (Å²) in [6.07, 6.45) is 5.41. The van der Waals surface area contributed by atoms with Gasteiger partial charge in [-0.1, -0.05) is 45.0 Å². The Kier molecular flexibility index (Phi) is 7.14. The van der Waals surface area contributed by atoms with Gasteiger partial charge in [0, 0.05) is 32.1 Å². The van der Waals surface area contributed by atoms with Crippen LogP contribution < -0.4 is 0 Å². The number of hydrogen-bond donors (Lipinski definition) is 0. The van der Waals surface area contributed by atoms with Crippen molar-refractivity contribution in [1.29, 1.82) is 0 Å². The first-order chi connectivity index (χ1) is 13.4. The van der Waals surface area contributed by atoms with Gasteiger partial charge in [0.1, 0.15) is 0 Å². The van der Waals surface area contributed by atoms with Crippen LogP contribution in [-0.2, 0) is 22.4 Å². The Balaban J connectivity index is 1.45. The zero-order valence-corrected chi connectivity index (χ0v) is 17.8. The van der Waals surface area contributed by atoms with E-state index in [1.807, 2.05) is 4.90 Å². The van der Waals surface area contributed by atoms with Crippen molar-refractivity contribution in [2.24, 2.45) is 17.8 Å². The van der Waals surface area contributed by atoms with Crippen LogP contribution >= 0.6 is 0 Å². The Hall–Kier alpha value is -1.84. The molecule has 2 saturated heterocycles. The number of likely N-dealkylation sites (tertiary alicyclic amines) is 2. The highest BCUT2D eigenvalue weighted by Gasteiger charge is 2.31. The molecule has 154 valence electrons. The number of hydrogen-bond acceptors (Lipinski definition) is 2. The van der Waals surface area contributed by atoms with Crippen LogP contribution in [0.3, 0.4) is 0 Å². The maximum absolute atomic E-state index is 12.8. The Morgan fingerprint density at radius 3 is 2.00 bits per heavy atom. The van der Waals surface area contributed by atoms with Crippen molar-refractivity contribution in [2.45, 2.75) is 59.3 Å². The normalized spacial score (nSPS) is 19.3. The summed E-state index contributed by atoms with van der Waals surface area (Å²) >= 11 is 0. The molecule has 0 unspecified atom stereocenters. The van der Waals surface area contributed by atoms with E-state index >= 15 is 0 Å². The molecule has 4 heteroatoms. The van der Waals surface area contributed by atoms with Crippen molar-refractivity contribution in [2.75, 3.05) is 26.2 Å². The fourth-order valence-electron chi connectivity index (χ4n) is 4.41. The van der Waals surface area contributed by atoms with E-state index in [-0.39, 0.29) is 11.8 Å². The van der Waals surface area contributed by atoms with Gasteiger partial charge in [-0.05, 0) is 55.1 Å². The van der Waals surface area contributed by atoms with Gasteiger partial charge in [0.25, 0.3) is 0 Å². The Morgan fingerprint density at radius 2 is 1.43 bits per heavy atom. The van der Waals surface area contributed by atoms with Crippen LogP contribution in [0.25, 0.3) is 0 Å². The molecule has 4 nitrogen and oxygen atoms in total. The maximum Gasteiger partial charge on any atom is 0.226 e. The second-order valence-corrected chi connectivity index (χ2v) is 9.25. The number of piperidine rings is 2. The lowest BCUT2D eigenvalue weighted by atomic mass is 9.92. The van der Waals surface area contributed by atoms with Crippen LogP contribution in [0.15, 0.2) is 24.3 Å². The molecule has 2 heterocycles. The third-order valence-electron chi connectivity index (χ3n) is 6.31. The molecule has 0 spiro atoms. The lowest BCUT2D eigenvalue weighted by molar-refractivity contribution is -0.141. The van der Waals surface area contributed by atoms with Crippen LogP contribution in [0, 0.1) is 17.8 Å². The summed E-state index contributed by atoms with van der Waals surface area (Å²) in [5.41, 5.74) is 2.41. The maximum atomic E-state index is 12.8. The van der Waals surface area contributed by atoms with E-state index in [9.17, 15) is 9.59 Å². The average Bonchev–Trinajstić information content (AvgIpc) is 2.69. The standard InChI is InChI=1S/C24H36N2O2/c1-18(2)16-20-4-6-21(7-5-20)17-23(27)25-14-10-22(11-15-25)24(28)26-12-8-19(3)9-13-26/h4-7,18-19,22H,8-17H2,1-3H3. The highest BCUT2D eigenvalue weighted by Crippen LogP contribution is 2.24. The third-order valence-corrected chi connectivity index (χ3v) is 6.31. The van der Waals surface area contributed by atoms with Crippen molar-refractivity contribution >= 4 is 11.8 Å². The highest BCUT2D eigenvalue weighted by atomic mass is 16.2. The smallest absolute Gasteiger partial charge is 0.226 e. The fraction of sp³-hybridized carbons (Fsp3) is 0.667. The molecule has 0 radical (unpaired) electrons. The molecule has 0 aliphatic carbocycles. The molecule has 2 aliphatic heterocycles. The van der Waals surface area contributed by atoms with Gasteiger partial charge in [-0.2, -0.15) is 0 Å². The quantitative estimate of drug-likeness (QED) is 0.772. The van der Waals surface area contributed by atoms with Gasteiger partial charge in [0.2, 0.25) is 11.8 Å². The summed E-state index contributed by atoms with van der Waals surface area (Å²) in [7, 11) is 0. The average molecular weight is 385 g/mol. The number of amides is 2. The molecule has 0 aromatic heterocycles. The third kappa shape index (κ3) is 5.59. The Morgan fingerprint density at radius 1 is 0.893 bits per heavy atom. The van der Waals surface area contributed by atoms with E-state index in [1.54, 1.807) is 0 Å². The molecular weight excluding hydrogens is 348 g/mol. The molecule has 1 aromatic rings. The van der Waals surface area contributed by atoms with E-state index in [4.69, 9.17) is 0 Å². The van der Waals surface area contributed by atoms with Gasteiger partial charge >= 0.3 is 0 Å². The fourth-order valence-corrected chi connectivity index (χ4v) is 4.41. The van der Waals surface area contributed by atoms with Gasteiger partial charge in [-0.3, -0.25) is 9.59 Å². The monoisotopic (exact) mass is 384 g/mol. The lowest BCUT2D eigenvalue weighted by Gasteiger charge is -2.36. The zero-order valence-electron chi connectivity index (χ0n) is 17.8. The molecule has 2 amide bonds. The topological polar surface area (TPSA) is 40.6 Å². The molecule has 1 aromatic carbocycles. The number of nitrogens with zero attached hydrogens (tertiary/aromatic N) is 2. The predicted molar refractivity (Wildman–Crippen MR) is 113 cm³/mol. The van der Waals surface area contributed by atoms with E-state index in [0.717, 1.165) is 56.7 Å². The summed E-state index contributed by atoms with van der Waals surface area (Å²) in [5.74, 6) is 2.00. The van der Waals surface area contributed by atoms with Crippen molar-refractivity contribution in [1.82, 2.24) is 9.80 Å². The van der Waals surface area contributed by atoms with Crippen molar-refractivity contribution in [3.05, 3.63) is 35.4 Å². The minimum atomic E-state index is 0.104. The summed E-state index contributed by atoms with van der Waals surface area (Å²) in [6.45, 7) is 9.95. The molecular formula is C24H36N2O2. The van der Waals surface area contributed by atoms with Gasteiger partial charge in [-0.15, -0.1) is 0 Å². The molecule has 0 saturated carbocycles. The molecule has 0 atom stereocenters. The minimum absolute atomic E-state index is 0.104.